The number of morpholine rings is 1. The van der Waals surface area contributed by atoms with Crippen LogP contribution in [-0.2, 0) is 4.74 Å². The number of rotatable bonds is 7. The van der Waals surface area contributed by atoms with Crippen molar-refractivity contribution in [2.45, 2.75) is 18.9 Å². The average Bonchev–Trinajstić information content (AvgIpc) is 3.24. The van der Waals surface area contributed by atoms with Crippen molar-refractivity contribution < 1.29 is 9.13 Å². The summed E-state index contributed by atoms with van der Waals surface area (Å²) in [5.41, 5.74) is 0.572. The van der Waals surface area contributed by atoms with Gasteiger partial charge in [0.2, 0.25) is 0 Å². The second kappa shape index (κ2) is 12.9. The zero-order valence-corrected chi connectivity index (χ0v) is 20.1. The molecule has 3 rings (SSSR count). The van der Waals surface area contributed by atoms with E-state index in [1.165, 1.54) is 6.07 Å². The Labute approximate surface area is 195 Å². The fourth-order valence-electron chi connectivity index (χ4n) is 3.87. The highest BCUT2D eigenvalue weighted by Crippen LogP contribution is 2.31. The fourth-order valence-corrected chi connectivity index (χ4v) is 4.16. The number of hydrogen-bond acceptors (Lipinski definition) is 4. The van der Waals surface area contributed by atoms with Gasteiger partial charge in [-0.15, -0.1) is 24.0 Å². The van der Waals surface area contributed by atoms with Gasteiger partial charge in [0.05, 0.1) is 19.3 Å². The number of nitrogens with one attached hydrogen (secondary N) is 2. The van der Waals surface area contributed by atoms with Gasteiger partial charge in [0.15, 0.2) is 5.96 Å². The largest absolute Gasteiger partial charge is 0.379 e. The molecule has 0 amide bonds. The Morgan fingerprint density at radius 1 is 1.21 bits per heavy atom. The SMILES string of the molecule is CN=C(NCCN1CCOCC1)NCC(c1c(F)cccc1Cl)N1CCCC1.I. The summed E-state index contributed by atoms with van der Waals surface area (Å²) in [4.78, 5) is 8.99. The second-order valence-electron chi connectivity index (χ2n) is 7.23. The maximum absolute atomic E-state index is 14.6. The lowest BCUT2D eigenvalue weighted by Crippen LogP contribution is -2.46. The Morgan fingerprint density at radius 3 is 2.59 bits per heavy atom. The monoisotopic (exact) mass is 539 g/mol. The first kappa shape index (κ1) is 24.6. The standard InChI is InChI=1S/C20H31ClFN5O.HI/c1-23-20(24-7-10-26-11-13-28-14-12-26)25-15-18(27-8-2-3-9-27)19-16(21)5-4-6-17(19)22;/h4-6,18H,2-3,7-15H2,1H3,(H2,23,24,25);1H. The lowest BCUT2D eigenvalue weighted by molar-refractivity contribution is 0.0389. The Morgan fingerprint density at radius 2 is 1.93 bits per heavy atom. The predicted octanol–water partition coefficient (Wildman–Crippen LogP) is 2.73. The van der Waals surface area contributed by atoms with Gasteiger partial charge in [0.1, 0.15) is 5.82 Å². The molecule has 0 bridgehead atoms. The van der Waals surface area contributed by atoms with Crippen molar-refractivity contribution in [2.24, 2.45) is 4.99 Å². The van der Waals surface area contributed by atoms with Gasteiger partial charge in [-0.25, -0.2) is 4.39 Å². The first-order valence-electron chi connectivity index (χ1n) is 10.1. The quantitative estimate of drug-likeness (QED) is 0.317. The molecule has 0 aromatic heterocycles. The molecule has 9 heteroatoms. The average molecular weight is 540 g/mol. The molecule has 2 fully saturated rings. The van der Waals surface area contributed by atoms with E-state index in [0.29, 0.717) is 17.1 Å². The topological polar surface area (TPSA) is 52.1 Å². The molecule has 0 saturated carbocycles. The Hall–Kier alpha value is -0.680. The van der Waals surface area contributed by atoms with Crippen molar-refractivity contribution in [3.8, 4) is 0 Å². The van der Waals surface area contributed by atoms with Crippen LogP contribution in [0.1, 0.15) is 24.4 Å². The van der Waals surface area contributed by atoms with Crippen LogP contribution in [0.3, 0.4) is 0 Å². The van der Waals surface area contributed by atoms with Gasteiger partial charge in [-0.2, -0.15) is 0 Å². The minimum absolute atomic E-state index is 0. The lowest BCUT2D eigenvalue weighted by atomic mass is 10.0. The van der Waals surface area contributed by atoms with Crippen molar-refractivity contribution in [1.29, 1.82) is 0 Å². The molecule has 2 saturated heterocycles. The molecule has 1 aromatic carbocycles. The number of guanidine groups is 1. The summed E-state index contributed by atoms with van der Waals surface area (Å²) in [6, 6.07) is 4.79. The van der Waals surface area contributed by atoms with Gasteiger partial charge in [0.25, 0.3) is 0 Å². The zero-order chi connectivity index (χ0) is 19.8. The van der Waals surface area contributed by atoms with E-state index in [9.17, 15) is 4.39 Å². The van der Waals surface area contributed by atoms with Crippen LogP contribution < -0.4 is 10.6 Å². The van der Waals surface area contributed by atoms with Gasteiger partial charge in [-0.1, -0.05) is 17.7 Å². The maximum atomic E-state index is 14.6. The normalized spacial score (nSPS) is 19.6. The van der Waals surface area contributed by atoms with Crippen LogP contribution in [0.25, 0.3) is 0 Å². The number of halogens is 3. The number of ether oxygens (including phenoxy) is 1. The summed E-state index contributed by atoms with van der Waals surface area (Å²) in [5.74, 6) is 0.478. The van der Waals surface area contributed by atoms with Crippen LogP contribution in [0.2, 0.25) is 5.02 Å². The summed E-state index contributed by atoms with van der Waals surface area (Å²) in [6.07, 6.45) is 2.27. The third-order valence-electron chi connectivity index (χ3n) is 5.43. The van der Waals surface area contributed by atoms with E-state index in [4.69, 9.17) is 16.3 Å². The molecule has 2 aliphatic heterocycles. The van der Waals surface area contributed by atoms with E-state index in [2.05, 4.69) is 25.4 Å². The number of hydrogen-bond donors (Lipinski definition) is 2. The lowest BCUT2D eigenvalue weighted by Gasteiger charge is -2.30. The Balaban J connectivity index is 0.00000300. The van der Waals surface area contributed by atoms with E-state index < -0.39 is 0 Å². The highest BCUT2D eigenvalue weighted by atomic mass is 127. The van der Waals surface area contributed by atoms with Crippen LogP contribution in [0.4, 0.5) is 4.39 Å². The molecule has 1 aromatic rings. The molecule has 0 spiro atoms. The minimum Gasteiger partial charge on any atom is -0.379 e. The van der Waals surface area contributed by atoms with Crippen molar-refractivity contribution in [3.05, 3.63) is 34.6 Å². The molecule has 2 heterocycles. The summed E-state index contributed by atoms with van der Waals surface area (Å²) in [7, 11) is 1.75. The number of nitrogens with zero attached hydrogens (tertiary/aromatic N) is 3. The van der Waals surface area contributed by atoms with E-state index in [1.807, 2.05) is 0 Å². The summed E-state index contributed by atoms with van der Waals surface area (Å²) in [5, 5.41) is 7.20. The highest BCUT2D eigenvalue weighted by Gasteiger charge is 2.27. The molecule has 29 heavy (non-hydrogen) atoms. The van der Waals surface area contributed by atoms with Crippen molar-refractivity contribution >= 4 is 41.5 Å². The van der Waals surface area contributed by atoms with Crippen LogP contribution in [-0.4, -0.2) is 81.8 Å². The number of likely N-dealkylation sites (tertiary alicyclic amines) is 1. The fraction of sp³-hybridized carbons (Fsp3) is 0.650. The molecule has 0 radical (unpaired) electrons. The Kier molecular flexibility index (Phi) is 10.9. The molecule has 0 aliphatic carbocycles. The van der Waals surface area contributed by atoms with Crippen molar-refractivity contribution in [3.63, 3.8) is 0 Å². The summed E-state index contributed by atoms with van der Waals surface area (Å²) < 4.78 is 19.9. The van der Waals surface area contributed by atoms with E-state index in [0.717, 1.165) is 71.3 Å². The third-order valence-corrected chi connectivity index (χ3v) is 5.75. The first-order valence-corrected chi connectivity index (χ1v) is 10.5. The van der Waals surface area contributed by atoms with E-state index in [1.54, 1.807) is 19.2 Å². The van der Waals surface area contributed by atoms with Gasteiger partial charge in [0, 0.05) is 50.4 Å². The number of aliphatic imine (C=N–C) groups is 1. The molecular formula is C20H32ClFIN5O. The highest BCUT2D eigenvalue weighted by molar-refractivity contribution is 14.0. The molecule has 2 aliphatic rings. The zero-order valence-electron chi connectivity index (χ0n) is 17.0. The summed E-state index contributed by atoms with van der Waals surface area (Å²) in [6.45, 7) is 7.75. The van der Waals surface area contributed by atoms with Crippen molar-refractivity contribution in [1.82, 2.24) is 20.4 Å². The first-order chi connectivity index (χ1) is 13.7. The minimum atomic E-state index is -0.249. The molecule has 164 valence electrons. The third kappa shape index (κ3) is 7.20. The van der Waals surface area contributed by atoms with Gasteiger partial charge < -0.3 is 15.4 Å². The second-order valence-corrected chi connectivity index (χ2v) is 7.64. The summed E-state index contributed by atoms with van der Waals surface area (Å²) >= 11 is 6.37. The van der Waals surface area contributed by atoms with E-state index >= 15 is 0 Å². The van der Waals surface area contributed by atoms with Crippen LogP contribution >= 0.6 is 35.6 Å². The van der Waals surface area contributed by atoms with Crippen LogP contribution in [0, 0.1) is 5.82 Å². The van der Waals surface area contributed by atoms with E-state index in [-0.39, 0.29) is 35.8 Å². The predicted molar refractivity (Wildman–Crippen MR) is 127 cm³/mol. The molecule has 1 unspecified atom stereocenters. The van der Waals surface area contributed by atoms with Gasteiger partial charge >= 0.3 is 0 Å². The molecule has 1 atom stereocenters. The van der Waals surface area contributed by atoms with Gasteiger partial charge in [-0.3, -0.25) is 14.8 Å². The Bertz CT molecular complexity index is 634. The molecule has 6 nitrogen and oxygen atoms in total. The van der Waals surface area contributed by atoms with Gasteiger partial charge in [-0.05, 0) is 38.1 Å². The molecular weight excluding hydrogens is 508 g/mol. The number of benzene rings is 1. The maximum Gasteiger partial charge on any atom is 0.191 e. The van der Waals surface area contributed by atoms with Crippen molar-refractivity contribution in [2.75, 3.05) is 66.1 Å². The van der Waals surface area contributed by atoms with Crippen LogP contribution in [0.15, 0.2) is 23.2 Å². The van der Waals surface area contributed by atoms with Crippen LogP contribution in [0.5, 0.6) is 0 Å². The smallest absolute Gasteiger partial charge is 0.191 e. The molecule has 2 N–H and O–H groups in total.